The molecule has 9 nitrogen and oxygen atoms in total. The van der Waals surface area contributed by atoms with Gasteiger partial charge >= 0.3 is 5.69 Å². The molecule has 1 aromatic carbocycles. The topological polar surface area (TPSA) is 114 Å². The number of ether oxygens (including phenoxy) is 3. The summed E-state index contributed by atoms with van der Waals surface area (Å²) in [5.74, 6) is -0.0315. The summed E-state index contributed by atoms with van der Waals surface area (Å²) < 4.78 is 15.1. The summed E-state index contributed by atoms with van der Waals surface area (Å²) in [6.07, 6.45) is 0. The summed E-state index contributed by atoms with van der Waals surface area (Å²) in [6.45, 7) is 1.17. The Morgan fingerprint density at radius 1 is 1.05 bits per heavy atom. The maximum absolute atomic E-state index is 10.8. The number of non-ortho nitro benzene ring substituents is 1. The molecule has 0 aromatic heterocycles. The Morgan fingerprint density at radius 3 is 2.35 bits per heavy atom. The molecule has 0 N–H and O–H groups in total. The van der Waals surface area contributed by atoms with Crippen LogP contribution in [0.25, 0.3) is 0 Å². The van der Waals surface area contributed by atoms with Crippen molar-refractivity contribution in [3.8, 4) is 5.75 Å². The first kappa shape index (κ1) is 15.8. The zero-order chi connectivity index (χ0) is 15.0. The standard InChI is InChI=1S/C11H14N2O7/c1-18-4-5-19-6-7-20-11-3-2-9(12(14)15)8-10(11)13(16)17/h2-3,8H,4-7H2,1H3. The van der Waals surface area contributed by atoms with Crippen LogP contribution in [0.4, 0.5) is 11.4 Å². The van der Waals surface area contributed by atoms with Gasteiger partial charge in [-0.1, -0.05) is 0 Å². The molecule has 0 aliphatic heterocycles. The molecule has 0 unspecified atom stereocenters. The first-order chi connectivity index (χ1) is 9.56. The van der Waals surface area contributed by atoms with Crippen molar-refractivity contribution in [2.45, 2.75) is 0 Å². The molecule has 1 aromatic rings. The van der Waals surface area contributed by atoms with Crippen molar-refractivity contribution in [2.75, 3.05) is 33.5 Å². The Morgan fingerprint density at radius 2 is 1.75 bits per heavy atom. The monoisotopic (exact) mass is 286 g/mol. The van der Waals surface area contributed by atoms with E-state index < -0.39 is 15.5 Å². The van der Waals surface area contributed by atoms with Crippen molar-refractivity contribution in [1.82, 2.24) is 0 Å². The van der Waals surface area contributed by atoms with Crippen LogP contribution in [0.5, 0.6) is 5.75 Å². The van der Waals surface area contributed by atoms with Gasteiger partial charge in [-0.15, -0.1) is 0 Å². The smallest absolute Gasteiger partial charge is 0.317 e. The van der Waals surface area contributed by atoms with Gasteiger partial charge in [-0.05, 0) is 6.07 Å². The third kappa shape index (κ3) is 4.78. The summed E-state index contributed by atoms with van der Waals surface area (Å²) in [7, 11) is 1.54. The van der Waals surface area contributed by atoms with Crippen molar-refractivity contribution >= 4 is 11.4 Å². The lowest BCUT2D eigenvalue weighted by Gasteiger charge is -2.07. The molecule has 110 valence electrons. The van der Waals surface area contributed by atoms with Gasteiger partial charge in [0.2, 0.25) is 0 Å². The van der Waals surface area contributed by atoms with Crippen LogP contribution in [-0.2, 0) is 9.47 Å². The summed E-state index contributed by atoms with van der Waals surface area (Å²) in [5.41, 5.74) is -0.809. The van der Waals surface area contributed by atoms with Crippen molar-refractivity contribution in [1.29, 1.82) is 0 Å². The summed E-state index contributed by atoms with van der Waals surface area (Å²) in [6, 6.07) is 3.21. The van der Waals surface area contributed by atoms with Gasteiger partial charge in [0.15, 0.2) is 5.75 Å². The third-order valence-corrected chi connectivity index (χ3v) is 2.27. The maximum atomic E-state index is 10.8. The van der Waals surface area contributed by atoms with Gasteiger partial charge in [0, 0.05) is 13.2 Å². The Labute approximate surface area is 114 Å². The average molecular weight is 286 g/mol. The van der Waals surface area contributed by atoms with Gasteiger partial charge in [0.1, 0.15) is 6.61 Å². The molecule has 0 fully saturated rings. The van der Waals surface area contributed by atoms with E-state index in [1.165, 1.54) is 6.07 Å². The minimum absolute atomic E-state index is 0.0315. The van der Waals surface area contributed by atoms with E-state index in [2.05, 4.69) is 0 Å². The minimum atomic E-state index is -0.728. The third-order valence-electron chi connectivity index (χ3n) is 2.27. The molecular formula is C11H14N2O7. The Balaban J connectivity index is 2.60. The number of hydrogen-bond donors (Lipinski definition) is 0. The first-order valence-corrected chi connectivity index (χ1v) is 5.68. The summed E-state index contributed by atoms with van der Waals surface area (Å²) in [4.78, 5) is 20.0. The predicted molar refractivity (Wildman–Crippen MR) is 67.9 cm³/mol. The van der Waals surface area contributed by atoms with E-state index in [4.69, 9.17) is 14.2 Å². The molecule has 0 saturated heterocycles. The molecule has 20 heavy (non-hydrogen) atoms. The van der Waals surface area contributed by atoms with E-state index in [1.54, 1.807) is 7.11 Å². The fourth-order valence-electron chi connectivity index (χ4n) is 1.34. The van der Waals surface area contributed by atoms with Crippen LogP contribution in [0, 0.1) is 20.2 Å². The van der Waals surface area contributed by atoms with Crippen molar-refractivity contribution in [3.05, 3.63) is 38.4 Å². The highest BCUT2D eigenvalue weighted by atomic mass is 16.6. The van der Waals surface area contributed by atoms with Crippen LogP contribution in [0.3, 0.4) is 0 Å². The molecule has 0 radical (unpaired) electrons. The zero-order valence-corrected chi connectivity index (χ0v) is 10.8. The molecule has 0 spiro atoms. The van der Waals surface area contributed by atoms with E-state index in [9.17, 15) is 20.2 Å². The Hall–Kier alpha value is -2.26. The van der Waals surface area contributed by atoms with Crippen LogP contribution in [0.1, 0.15) is 0 Å². The van der Waals surface area contributed by atoms with Gasteiger partial charge in [-0.2, -0.15) is 0 Å². The molecule has 0 heterocycles. The van der Waals surface area contributed by atoms with Gasteiger partial charge < -0.3 is 14.2 Å². The zero-order valence-electron chi connectivity index (χ0n) is 10.8. The van der Waals surface area contributed by atoms with Gasteiger partial charge in [0.05, 0.1) is 35.7 Å². The number of methoxy groups -OCH3 is 1. The van der Waals surface area contributed by atoms with E-state index in [0.29, 0.717) is 13.2 Å². The largest absolute Gasteiger partial charge is 0.484 e. The lowest BCUT2D eigenvalue weighted by atomic mass is 10.2. The molecule has 0 aliphatic rings. The molecule has 0 atom stereocenters. The van der Waals surface area contributed by atoms with Gasteiger partial charge in [0.25, 0.3) is 5.69 Å². The fourth-order valence-corrected chi connectivity index (χ4v) is 1.34. The predicted octanol–water partition coefficient (Wildman–Crippen LogP) is 1.54. The van der Waals surface area contributed by atoms with Crippen molar-refractivity contribution in [3.63, 3.8) is 0 Å². The molecule has 0 bridgehead atoms. The lowest BCUT2D eigenvalue weighted by Crippen LogP contribution is -2.10. The number of nitro groups is 2. The van der Waals surface area contributed by atoms with Crippen LogP contribution in [-0.4, -0.2) is 43.4 Å². The molecule has 9 heteroatoms. The Kier molecular flexibility index (Phi) is 6.33. The van der Waals surface area contributed by atoms with E-state index in [0.717, 1.165) is 12.1 Å². The number of benzene rings is 1. The highest BCUT2D eigenvalue weighted by molar-refractivity contribution is 5.53. The lowest BCUT2D eigenvalue weighted by molar-refractivity contribution is -0.394. The number of nitrogens with zero attached hydrogens (tertiary/aromatic N) is 2. The molecular weight excluding hydrogens is 272 g/mol. The number of hydrogen-bond acceptors (Lipinski definition) is 7. The molecule has 0 aliphatic carbocycles. The second kappa shape index (κ2) is 8.02. The van der Waals surface area contributed by atoms with Gasteiger partial charge in [-0.25, -0.2) is 0 Å². The quantitative estimate of drug-likeness (QED) is 0.384. The summed E-state index contributed by atoms with van der Waals surface area (Å²) in [5, 5.41) is 21.4. The van der Waals surface area contributed by atoms with E-state index in [1.807, 2.05) is 0 Å². The van der Waals surface area contributed by atoms with E-state index >= 15 is 0 Å². The van der Waals surface area contributed by atoms with Crippen LogP contribution >= 0.6 is 0 Å². The SMILES string of the molecule is COCCOCCOc1ccc([N+](=O)[O-])cc1[N+](=O)[O-]. The molecule has 0 saturated carbocycles. The number of rotatable bonds is 9. The second-order valence-corrected chi connectivity index (χ2v) is 3.62. The van der Waals surface area contributed by atoms with Crippen LogP contribution < -0.4 is 4.74 Å². The van der Waals surface area contributed by atoms with Crippen molar-refractivity contribution in [2.24, 2.45) is 0 Å². The summed E-state index contributed by atoms with van der Waals surface area (Å²) >= 11 is 0. The highest BCUT2D eigenvalue weighted by Gasteiger charge is 2.20. The number of nitro benzene ring substituents is 2. The van der Waals surface area contributed by atoms with Crippen LogP contribution in [0.15, 0.2) is 18.2 Å². The van der Waals surface area contributed by atoms with Crippen LogP contribution in [0.2, 0.25) is 0 Å². The van der Waals surface area contributed by atoms with E-state index in [-0.39, 0.29) is 24.7 Å². The fraction of sp³-hybridized carbons (Fsp3) is 0.455. The minimum Gasteiger partial charge on any atom is -0.484 e. The molecule has 1 rings (SSSR count). The first-order valence-electron chi connectivity index (χ1n) is 5.68. The van der Waals surface area contributed by atoms with Gasteiger partial charge in [-0.3, -0.25) is 20.2 Å². The van der Waals surface area contributed by atoms with Crippen molar-refractivity contribution < 1.29 is 24.1 Å². The average Bonchev–Trinajstić information content (AvgIpc) is 2.42. The Bertz CT molecular complexity index is 478. The molecule has 0 amide bonds. The maximum Gasteiger partial charge on any atom is 0.317 e. The second-order valence-electron chi connectivity index (χ2n) is 3.62. The normalized spacial score (nSPS) is 10.2. The highest BCUT2D eigenvalue weighted by Crippen LogP contribution is 2.30.